The van der Waals surface area contributed by atoms with Gasteiger partial charge >= 0.3 is 0 Å². The molecule has 3 fully saturated rings. The highest BCUT2D eigenvalue weighted by Gasteiger charge is 2.61. The van der Waals surface area contributed by atoms with Gasteiger partial charge in [-0.2, -0.15) is 0 Å². The van der Waals surface area contributed by atoms with Gasteiger partial charge in [-0.1, -0.05) is 32.4 Å². The van der Waals surface area contributed by atoms with Crippen molar-refractivity contribution in [2.75, 3.05) is 0 Å². The van der Waals surface area contributed by atoms with Gasteiger partial charge in [0, 0.05) is 22.3 Å². The van der Waals surface area contributed by atoms with Gasteiger partial charge in [0.25, 0.3) is 0 Å². The Hall–Kier alpha value is -0.740. The predicted octanol–water partition coefficient (Wildman–Crippen LogP) is 5.58. The van der Waals surface area contributed by atoms with E-state index in [1.807, 2.05) is 0 Å². The van der Waals surface area contributed by atoms with Gasteiger partial charge in [0.1, 0.15) is 5.78 Å². The smallest absolute Gasteiger partial charge is 0.141 e. The molecule has 4 aliphatic rings. The Morgan fingerprint density at radius 1 is 1.12 bits per heavy atom. The number of fused-ring (bicyclic) bond motifs is 5. The molecule has 1 nitrogen and oxygen atoms in total. The Morgan fingerprint density at radius 2 is 1.83 bits per heavy atom. The highest BCUT2D eigenvalue weighted by molar-refractivity contribution is 6.30. The average molecular weight is 345 g/mol. The van der Waals surface area contributed by atoms with Gasteiger partial charge in [-0.05, 0) is 73.7 Å². The zero-order chi connectivity index (χ0) is 17.3. The van der Waals surface area contributed by atoms with E-state index < -0.39 is 0 Å². The van der Waals surface area contributed by atoms with E-state index in [4.69, 9.17) is 18.0 Å². The summed E-state index contributed by atoms with van der Waals surface area (Å²) in [6, 6.07) is 0. The summed E-state index contributed by atoms with van der Waals surface area (Å²) in [5.41, 5.74) is 1.58. The summed E-state index contributed by atoms with van der Waals surface area (Å²) in [5.74, 6) is 5.86. The fourth-order valence-corrected chi connectivity index (χ4v) is 7.45. The molecule has 0 radical (unpaired) electrons. The van der Waals surface area contributed by atoms with Crippen molar-refractivity contribution < 1.29 is 4.79 Å². The molecule has 3 saturated carbocycles. The molecule has 4 rings (SSSR count). The van der Waals surface area contributed by atoms with Crippen molar-refractivity contribution in [3.05, 3.63) is 10.6 Å². The van der Waals surface area contributed by atoms with Crippen LogP contribution in [-0.2, 0) is 4.79 Å². The molecular formula is C22H29ClO. The maximum atomic E-state index is 12.8. The molecule has 0 heterocycles. The normalized spacial score (nSPS) is 50.8. The maximum Gasteiger partial charge on any atom is 0.141 e. The van der Waals surface area contributed by atoms with Gasteiger partial charge in [0.2, 0.25) is 0 Å². The van der Waals surface area contributed by atoms with Crippen molar-refractivity contribution in [2.24, 2.45) is 40.4 Å². The third-order valence-electron chi connectivity index (χ3n) is 8.39. The summed E-state index contributed by atoms with van der Waals surface area (Å²) >= 11 is 6.86. The summed E-state index contributed by atoms with van der Waals surface area (Å²) in [5, 5.41) is 1.08. The molecule has 0 saturated heterocycles. The van der Waals surface area contributed by atoms with E-state index in [1.165, 1.54) is 18.4 Å². The van der Waals surface area contributed by atoms with Crippen molar-refractivity contribution in [3.8, 4) is 12.3 Å². The van der Waals surface area contributed by atoms with Crippen LogP contribution in [0.2, 0.25) is 0 Å². The summed E-state index contributed by atoms with van der Waals surface area (Å²) in [7, 11) is 0. The Labute approximate surface area is 151 Å². The molecule has 0 N–H and O–H groups in total. The number of ketones is 1. The molecule has 24 heavy (non-hydrogen) atoms. The quantitative estimate of drug-likeness (QED) is 0.524. The number of halogens is 1. The molecule has 0 aliphatic heterocycles. The number of Topliss-reactive ketones (excluding diaryl/α,β-unsaturated/α-hetero) is 1. The van der Waals surface area contributed by atoms with Crippen molar-refractivity contribution >= 4 is 17.4 Å². The van der Waals surface area contributed by atoms with Crippen LogP contribution in [0.15, 0.2) is 10.6 Å². The summed E-state index contributed by atoms with van der Waals surface area (Å²) in [6.07, 6.45) is 13.3. The number of terminal acetylenes is 1. The molecular weight excluding hydrogens is 316 g/mol. The molecule has 2 heteroatoms. The van der Waals surface area contributed by atoms with Crippen LogP contribution in [0.3, 0.4) is 0 Å². The molecule has 4 aliphatic carbocycles. The molecule has 130 valence electrons. The minimum atomic E-state index is -0.0956. The van der Waals surface area contributed by atoms with Gasteiger partial charge in [-0.15, -0.1) is 12.3 Å². The highest BCUT2D eigenvalue weighted by atomic mass is 35.5. The van der Waals surface area contributed by atoms with E-state index in [1.54, 1.807) is 0 Å². The molecule has 0 aromatic heterocycles. The van der Waals surface area contributed by atoms with Crippen molar-refractivity contribution in [1.29, 1.82) is 0 Å². The molecule has 0 amide bonds. The number of allylic oxidation sites excluding steroid dienone is 2. The summed E-state index contributed by atoms with van der Waals surface area (Å²) < 4.78 is 0. The molecule has 0 aromatic carbocycles. The number of hydrogen-bond donors (Lipinski definition) is 0. The van der Waals surface area contributed by atoms with Crippen molar-refractivity contribution in [1.82, 2.24) is 0 Å². The molecule has 0 spiro atoms. The summed E-state index contributed by atoms with van der Waals surface area (Å²) in [4.78, 5) is 12.8. The summed E-state index contributed by atoms with van der Waals surface area (Å²) in [6.45, 7) is 6.81. The lowest BCUT2D eigenvalue weighted by atomic mass is 9.47. The van der Waals surface area contributed by atoms with E-state index in [0.29, 0.717) is 29.5 Å². The molecule has 0 aromatic rings. The first-order valence-electron chi connectivity index (χ1n) is 9.69. The third kappa shape index (κ3) is 2.05. The minimum absolute atomic E-state index is 0.0956. The SMILES string of the molecule is C#C[C@H]1CC[C@@]2(C)C(=C(Cl)C[C@@H]3[C@@H]2CC[C@]2(C)C(=O)[C@H](C)C[C@@H]32)C1. The van der Waals surface area contributed by atoms with Crippen molar-refractivity contribution in [3.63, 3.8) is 0 Å². The highest BCUT2D eigenvalue weighted by Crippen LogP contribution is 2.66. The zero-order valence-corrected chi connectivity index (χ0v) is 16.0. The fourth-order valence-electron chi connectivity index (χ4n) is 6.98. The lowest BCUT2D eigenvalue weighted by Gasteiger charge is -2.57. The van der Waals surface area contributed by atoms with Crippen molar-refractivity contribution in [2.45, 2.75) is 65.7 Å². The number of carbonyl (C=O) groups is 1. The number of rotatable bonds is 0. The Morgan fingerprint density at radius 3 is 2.54 bits per heavy atom. The second-order valence-corrected chi connectivity index (χ2v) is 9.90. The van der Waals surface area contributed by atoms with Crippen LogP contribution in [-0.4, -0.2) is 5.78 Å². The van der Waals surface area contributed by atoms with Crippen LogP contribution in [0.5, 0.6) is 0 Å². The Balaban J connectivity index is 1.73. The molecule has 0 unspecified atom stereocenters. The second kappa shape index (κ2) is 5.38. The topological polar surface area (TPSA) is 17.1 Å². The lowest BCUT2D eigenvalue weighted by Crippen LogP contribution is -2.50. The Bertz CT molecular complexity index is 655. The molecule has 7 atom stereocenters. The average Bonchev–Trinajstić information content (AvgIpc) is 2.79. The van der Waals surface area contributed by atoms with Crippen LogP contribution in [0.4, 0.5) is 0 Å². The van der Waals surface area contributed by atoms with E-state index >= 15 is 0 Å². The van der Waals surface area contributed by atoms with Gasteiger partial charge in [0.15, 0.2) is 0 Å². The zero-order valence-electron chi connectivity index (χ0n) is 15.2. The number of carbonyl (C=O) groups excluding carboxylic acids is 1. The van der Waals surface area contributed by atoms with E-state index in [2.05, 4.69) is 26.7 Å². The van der Waals surface area contributed by atoms with Gasteiger partial charge in [-0.25, -0.2) is 0 Å². The maximum absolute atomic E-state index is 12.8. The Kier molecular flexibility index (Phi) is 3.74. The van der Waals surface area contributed by atoms with E-state index in [0.717, 1.165) is 37.1 Å². The van der Waals surface area contributed by atoms with Crippen LogP contribution in [0.25, 0.3) is 0 Å². The first-order valence-corrected chi connectivity index (χ1v) is 10.1. The fraction of sp³-hybridized carbons (Fsp3) is 0.773. The predicted molar refractivity (Wildman–Crippen MR) is 98.4 cm³/mol. The molecule has 0 bridgehead atoms. The monoisotopic (exact) mass is 344 g/mol. The minimum Gasteiger partial charge on any atom is -0.299 e. The van der Waals surface area contributed by atoms with E-state index in [9.17, 15) is 4.79 Å². The van der Waals surface area contributed by atoms with Crippen LogP contribution >= 0.6 is 11.6 Å². The second-order valence-electron chi connectivity index (χ2n) is 9.45. The van der Waals surface area contributed by atoms with Crippen LogP contribution in [0.1, 0.15) is 65.7 Å². The van der Waals surface area contributed by atoms with Gasteiger partial charge < -0.3 is 0 Å². The standard InChI is InChI=1S/C22H29ClO/c1-5-14-6-8-21(3)16-7-9-22(4)17(10-13(2)20(22)24)15(16)12-19(23)18(21)11-14/h1,13-17H,6-12H2,2-4H3/t13-,14+,15-,16+,17+,21-,22+/m1/s1. The van der Waals surface area contributed by atoms with Gasteiger partial charge in [0.05, 0.1) is 0 Å². The van der Waals surface area contributed by atoms with Crippen LogP contribution in [0, 0.1) is 52.8 Å². The first kappa shape index (κ1) is 16.7. The number of hydrogen-bond acceptors (Lipinski definition) is 1. The third-order valence-corrected chi connectivity index (χ3v) is 8.78. The van der Waals surface area contributed by atoms with Gasteiger partial charge in [-0.3, -0.25) is 4.79 Å². The largest absolute Gasteiger partial charge is 0.299 e. The van der Waals surface area contributed by atoms with Crippen LogP contribution < -0.4 is 0 Å². The van der Waals surface area contributed by atoms with E-state index in [-0.39, 0.29) is 16.7 Å². The first-order chi connectivity index (χ1) is 11.3. The lowest BCUT2D eigenvalue weighted by molar-refractivity contribution is -0.133.